The highest BCUT2D eigenvalue weighted by atomic mass is 16.5. The lowest BCUT2D eigenvalue weighted by atomic mass is 9.99. The van der Waals surface area contributed by atoms with Crippen molar-refractivity contribution in [3.63, 3.8) is 0 Å². The van der Waals surface area contributed by atoms with Gasteiger partial charge >= 0.3 is 0 Å². The molecule has 210 valence electrons. The van der Waals surface area contributed by atoms with Crippen molar-refractivity contribution in [3.05, 3.63) is 100 Å². The van der Waals surface area contributed by atoms with Crippen LogP contribution < -0.4 is 15.9 Å². The van der Waals surface area contributed by atoms with Crippen molar-refractivity contribution in [2.75, 3.05) is 36.6 Å². The fraction of sp³-hybridized carbons (Fsp3) is 0.290. The summed E-state index contributed by atoms with van der Waals surface area (Å²) in [4.78, 5) is 26.6. The number of aliphatic hydroxyl groups is 1. The number of aryl methyl sites for hydroxylation is 1. The second-order valence-electron chi connectivity index (χ2n) is 10.3. The average Bonchev–Trinajstić information content (AvgIpc) is 3.86. The topological polar surface area (TPSA) is 113 Å². The second-order valence-corrected chi connectivity index (χ2v) is 10.3. The van der Waals surface area contributed by atoms with E-state index in [2.05, 4.69) is 15.5 Å². The van der Waals surface area contributed by atoms with Crippen molar-refractivity contribution in [3.8, 4) is 11.1 Å². The molecule has 1 aliphatic heterocycles. The number of hydrazine groups is 1. The van der Waals surface area contributed by atoms with Gasteiger partial charge in [0.05, 0.1) is 19.8 Å². The molecule has 41 heavy (non-hydrogen) atoms. The zero-order chi connectivity index (χ0) is 28.3. The Morgan fingerprint density at radius 1 is 1.10 bits per heavy atom. The first-order valence-electron chi connectivity index (χ1n) is 13.8. The van der Waals surface area contributed by atoms with Crippen molar-refractivity contribution < 1.29 is 14.6 Å². The molecular weight excluding hydrogens is 520 g/mol. The molecule has 10 heteroatoms. The first-order valence-corrected chi connectivity index (χ1v) is 13.8. The third-order valence-electron chi connectivity index (χ3n) is 7.55. The lowest BCUT2D eigenvalue weighted by Crippen LogP contribution is -2.48. The van der Waals surface area contributed by atoms with E-state index in [0.29, 0.717) is 71.7 Å². The maximum absolute atomic E-state index is 13.5. The Hall–Kier alpha value is -4.38. The van der Waals surface area contributed by atoms with E-state index in [1.807, 2.05) is 41.4 Å². The van der Waals surface area contributed by atoms with Gasteiger partial charge in [0.1, 0.15) is 5.69 Å². The molecule has 3 heterocycles. The lowest BCUT2D eigenvalue weighted by Gasteiger charge is -2.37. The Morgan fingerprint density at radius 3 is 2.56 bits per heavy atom. The van der Waals surface area contributed by atoms with Crippen molar-refractivity contribution in [1.82, 2.24) is 19.8 Å². The molecule has 1 aliphatic carbocycles. The van der Waals surface area contributed by atoms with Gasteiger partial charge in [-0.15, -0.1) is 5.10 Å². The van der Waals surface area contributed by atoms with Crippen LogP contribution >= 0.6 is 0 Å². The molecule has 0 unspecified atom stereocenters. The normalized spacial score (nSPS) is 15.5. The molecule has 2 aromatic heterocycles. The van der Waals surface area contributed by atoms with Crippen LogP contribution in [0.25, 0.3) is 11.1 Å². The number of carbonyl (C=O) groups is 1. The number of nitrogens with zero attached hydrogens (tertiary/aromatic N) is 5. The summed E-state index contributed by atoms with van der Waals surface area (Å²) in [6.07, 6.45) is 5.73. The average molecular weight is 553 g/mol. The minimum absolute atomic E-state index is 0.212. The Kier molecular flexibility index (Phi) is 7.60. The molecule has 2 N–H and O–H groups in total. The van der Waals surface area contributed by atoms with Gasteiger partial charge < -0.3 is 19.7 Å². The Balaban J connectivity index is 1.37. The maximum atomic E-state index is 13.5. The Labute approximate surface area is 237 Å². The van der Waals surface area contributed by atoms with Gasteiger partial charge in [0, 0.05) is 54.9 Å². The monoisotopic (exact) mass is 552 g/mol. The van der Waals surface area contributed by atoms with E-state index in [-0.39, 0.29) is 18.1 Å². The third kappa shape index (κ3) is 5.62. The van der Waals surface area contributed by atoms with E-state index in [9.17, 15) is 14.7 Å². The van der Waals surface area contributed by atoms with Crippen molar-refractivity contribution in [2.45, 2.75) is 25.4 Å². The van der Waals surface area contributed by atoms with Crippen LogP contribution in [0.15, 0.2) is 77.9 Å². The molecule has 2 aromatic carbocycles. The predicted octanol–water partition coefficient (Wildman–Crippen LogP) is 3.85. The molecule has 0 atom stereocenters. The number of morpholine rings is 1. The summed E-state index contributed by atoms with van der Waals surface area (Å²) in [7, 11) is 1.69. The Morgan fingerprint density at radius 2 is 1.88 bits per heavy atom. The summed E-state index contributed by atoms with van der Waals surface area (Å²) in [5.74, 6) is 0.880. The second kappa shape index (κ2) is 11.6. The molecule has 6 rings (SSSR count). The van der Waals surface area contributed by atoms with Gasteiger partial charge in [-0.05, 0) is 66.3 Å². The van der Waals surface area contributed by atoms with Crippen molar-refractivity contribution in [2.24, 2.45) is 7.05 Å². The van der Waals surface area contributed by atoms with E-state index in [1.165, 1.54) is 23.0 Å². The first kappa shape index (κ1) is 26.8. The van der Waals surface area contributed by atoms with E-state index in [0.717, 1.165) is 0 Å². The minimum Gasteiger partial charge on any atom is -0.392 e. The molecule has 0 radical (unpaired) electrons. The molecule has 1 amide bonds. The third-order valence-corrected chi connectivity index (χ3v) is 7.55. The van der Waals surface area contributed by atoms with Crippen molar-refractivity contribution >= 4 is 23.1 Å². The molecule has 4 aromatic rings. The van der Waals surface area contributed by atoms with Crippen LogP contribution in [0.5, 0.6) is 0 Å². The van der Waals surface area contributed by atoms with Gasteiger partial charge in [0.25, 0.3) is 11.5 Å². The summed E-state index contributed by atoms with van der Waals surface area (Å²) in [5, 5.41) is 25.6. The van der Waals surface area contributed by atoms with E-state index < -0.39 is 0 Å². The number of hydrogen-bond acceptors (Lipinski definition) is 8. The fourth-order valence-corrected chi connectivity index (χ4v) is 5.24. The SMILES string of the molecule is Cn1cc(-c2cccc(NC(=O)c3ccc(C4CC4)cc3)c2CO)cc(N(c2cccnn2)N2CCOCC2)c1=O. The number of ether oxygens (including phenoxy) is 1. The summed E-state index contributed by atoms with van der Waals surface area (Å²) >= 11 is 0. The highest BCUT2D eigenvalue weighted by Gasteiger charge is 2.26. The van der Waals surface area contributed by atoms with E-state index in [1.54, 1.807) is 48.7 Å². The summed E-state index contributed by atoms with van der Waals surface area (Å²) in [6.45, 7) is 1.90. The van der Waals surface area contributed by atoms with Crippen LogP contribution in [-0.2, 0) is 18.4 Å². The summed E-state index contributed by atoms with van der Waals surface area (Å²) in [5.41, 5.74) is 4.46. The number of anilines is 3. The number of hydrogen-bond donors (Lipinski definition) is 2. The number of pyridine rings is 1. The van der Waals surface area contributed by atoms with Crippen LogP contribution in [0.2, 0.25) is 0 Å². The molecule has 2 fully saturated rings. The smallest absolute Gasteiger partial charge is 0.275 e. The van der Waals surface area contributed by atoms with Gasteiger partial charge in [-0.1, -0.05) is 24.3 Å². The first-order chi connectivity index (χ1) is 20.0. The zero-order valence-electron chi connectivity index (χ0n) is 22.9. The van der Waals surface area contributed by atoms with Crippen LogP contribution in [-0.4, -0.2) is 57.1 Å². The molecule has 1 saturated carbocycles. The van der Waals surface area contributed by atoms with Crippen LogP contribution in [0, 0.1) is 0 Å². The van der Waals surface area contributed by atoms with Gasteiger partial charge in [-0.3, -0.25) is 9.59 Å². The molecule has 10 nitrogen and oxygen atoms in total. The van der Waals surface area contributed by atoms with E-state index in [4.69, 9.17) is 4.74 Å². The highest BCUT2D eigenvalue weighted by molar-refractivity contribution is 6.05. The predicted molar refractivity (Wildman–Crippen MR) is 156 cm³/mol. The van der Waals surface area contributed by atoms with Crippen LogP contribution in [0.1, 0.15) is 40.2 Å². The largest absolute Gasteiger partial charge is 0.392 e. The molecule has 0 spiro atoms. The number of amides is 1. The van der Waals surface area contributed by atoms with Crippen LogP contribution in [0.3, 0.4) is 0 Å². The highest BCUT2D eigenvalue weighted by Crippen LogP contribution is 2.40. The van der Waals surface area contributed by atoms with Gasteiger partial charge in [0.15, 0.2) is 5.82 Å². The number of rotatable bonds is 8. The van der Waals surface area contributed by atoms with Gasteiger partial charge in [-0.25, -0.2) is 10.0 Å². The molecular formula is C31H32N6O4. The molecule has 2 aliphatic rings. The summed E-state index contributed by atoms with van der Waals surface area (Å²) < 4.78 is 7.06. The number of benzene rings is 2. The van der Waals surface area contributed by atoms with Gasteiger partial charge in [0.2, 0.25) is 0 Å². The standard InChI is InChI=1S/C31H32N6O4/c1-35-19-24(18-28(31(35)40)37(29-6-3-13-32-34-29)36-14-16-41-17-15-36)25-4-2-5-27(26(25)20-38)33-30(39)23-11-9-22(10-12-23)21-7-8-21/h2-6,9-13,18-19,21,38H,7-8,14-17,20H2,1H3,(H,33,39). The molecule has 1 saturated heterocycles. The number of aliphatic hydroxyl groups excluding tert-OH is 1. The summed E-state index contributed by atoms with van der Waals surface area (Å²) in [6, 6.07) is 18.6. The number of aromatic nitrogens is 3. The minimum atomic E-state index is -0.304. The lowest BCUT2D eigenvalue weighted by molar-refractivity contribution is 0.0373. The van der Waals surface area contributed by atoms with Crippen molar-refractivity contribution in [1.29, 1.82) is 0 Å². The number of carbonyl (C=O) groups excluding carboxylic acids is 1. The van der Waals surface area contributed by atoms with E-state index >= 15 is 0 Å². The van der Waals surface area contributed by atoms with Crippen LogP contribution in [0.4, 0.5) is 17.2 Å². The fourth-order valence-electron chi connectivity index (χ4n) is 5.24. The quantitative estimate of drug-likeness (QED) is 0.339. The number of nitrogens with one attached hydrogen (secondary N) is 1. The maximum Gasteiger partial charge on any atom is 0.275 e. The van der Waals surface area contributed by atoms with Gasteiger partial charge in [-0.2, -0.15) is 5.10 Å². The molecule has 0 bridgehead atoms. The Bertz CT molecular complexity index is 1600. The zero-order valence-corrected chi connectivity index (χ0v) is 22.9.